The number of benzene rings is 2. The Morgan fingerprint density at radius 2 is 1.81 bits per heavy atom. The molecule has 2 aliphatic rings. The average molecular weight is 349 g/mol. The van der Waals surface area contributed by atoms with Gasteiger partial charge in [0.2, 0.25) is 5.91 Å². The second-order valence-electron chi connectivity index (χ2n) is 7.07. The predicted octanol–water partition coefficient (Wildman–Crippen LogP) is 3.49. The van der Waals surface area contributed by atoms with E-state index in [9.17, 15) is 9.59 Å². The van der Waals surface area contributed by atoms with E-state index in [1.165, 1.54) is 0 Å². The first-order valence-corrected chi connectivity index (χ1v) is 9.18. The molecule has 0 aromatic heterocycles. The highest BCUT2D eigenvalue weighted by molar-refractivity contribution is 5.94. The summed E-state index contributed by atoms with van der Waals surface area (Å²) >= 11 is 0. The molecule has 0 radical (unpaired) electrons. The van der Waals surface area contributed by atoms with Crippen molar-refractivity contribution in [2.75, 3.05) is 11.9 Å². The monoisotopic (exact) mass is 349 g/mol. The molecular formula is C21H23N3O2. The fraction of sp³-hybridized carbons (Fsp3) is 0.333. The molecular weight excluding hydrogens is 326 g/mol. The van der Waals surface area contributed by atoms with Crippen LogP contribution in [-0.4, -0.2) is 29.4 Å². The number of nitrogens with one attached hydrogen (secondary N) is 2. The van der Waals surface area contributed by atoms with Crippen LogP contribution in [0.4, 0.5) is 10.5 Å². The Hall–Kier alpha value is -2.82. The van der Waals surface area contributed by atoms with Crippen molar-refractivity contribution in [2.24, 2.45) is 0 Å². The zero-order valence-electron chi connectivity index (χ0n) is 14.7. The standard InChI is InChI=1S/C21H23N3O2/c25-20-12-16(18-8-4-5-9-19(18)23-20)13-22-21(26)24(17-10-11-17)14-15-6-2-1-3-7-15/h1-9,16-17H,10-14H2,(H,22,26)(H,23,25). The summed E-state index contributed by atoms with van der Waals surface area (Å²) in [5.74, 6) is 0.0213. The first-order chi connectivity index (χ1) is 12.7. The Labute approximate surface area is 153 Å². The molecule has 0 spiro atoms. The van der Waals surface area contributed by atoms with Crippen LogP contribution >= 0.6 is 0 Å². The van der Waals surface area contributed by atoms with E-state index < -0.39 is 0 Å². The zero-order valence-corrected chi connectivity index (χ0v) is 14.7. The molecule has 1 saturated carbocycles. The Morgan fingerprint density at radius 1 is 1.08 bits per heavy atom. The van der Waals surface area contributed by atoms with Gasteiger partial charge in [0.05, 0.1) is 0 Å². The van der Waals surface area contributed by atoms with Gasteiger partial charge in [0, 0.05) is 37.2 Å². The summed E-state index contributed by atoms with van der Waals surface area (Å²) in [5, 5.41) is 5.96. The molecule has 5 nitrogen and oxygen atoms in total. The molecule has 0 saturated heterocycles. The lowest BCUT2D eigenvalue weighted by molar-refractivity contribution is -0.116. The van der Waals surface area contributed by atoms with E-state index in [0.717, 1.165) is 29.7 Å². The fourth-order valence-electron chi connectivity index (χ4n) is 3.53. The van der Waals surface area contributed by atoms with E-state index in [1.807, 2.05) is 59.5 Å². The molecule has 1 aliphatic carbocycles. The number of carbonyl (C=O) groups excluding carboxylic acids is 2. The third-order valence-electron chi connectivity index (χ3n) is 5.05. The number of hydrogen-bond donors (Lipinski definition) is 2. The van der Waals surface area contributed by atoms with Gasteiger partial charge < -0.3 is 15.5 Å². The van der Waals surface area contributed by atoms with Crippen molar-refractivity contribution >= 4 is 17.6 Å². The van der Waals surface area contributed by atoms with Crippen molar-refractivity contribution < 1.29 is 9.59 Å². The van der Waals surface area contributed by atoms with E-state index in [-0.39, 0.29) is 17.9 Å². The molecule has 1 heterocycles. The Kier molecular flexibility index (Phi) is 4.61. The molecule has 5 heteroatoms. The highest BCUT2D eigenvalue weighted by Crippen LogP contribution is 2.32. The van der Waals surface area contributed by atoms with E-state index in [2.05, 4.69) is 10.6 Å². The summed E-state index contributed by atoms with van der Waals surface area (Å²) in [6.45, 7) is 1.10. The third-order valence-corrected chi connectivity index (χ3v) is 5.05. The number of fused-ring (bicyclic) bond motifs is 1. The van der Waals surface area contributed by atoms with Crippen molar-refractivity contribution in [3.8, 4) is 0 Å². The summed E-state index contributed by atoms with van der Waals surface area (Å²) in [6.07, 6.45) is 2.53. The van der Waals surface area contributed by atoms with Gasteiger partial charge in [-0.25, -0.2) is 4.79 Å². The summed E-state index contributed by atoms with van der Waals surface area (Å²) < 4.78 is 0. The molecule has 134 valence electrons. The van der Waals surface area contributed by atoms with Gasteiger partial charge in [0.25, 0.3) is 0 Å². The first kappa shape index (κ1) is 16.6. The van der Waals surface area contributed by atoms with Gasteiger partial charge in [0.1, 0.15) is 0 Å². The Bertz CT molecular complexity index is 802. The van der Waals surface area contributed by atoms with Gasteiger partial charge in [-0.2, -0.15) is 0 Å². The van der Waals surface area contributed by atoms with Gasteiger partial charge in [-0.05, 0) is 30.0 Å². The number of para-hydroxylation sites is 1. The normalized spacial score (nSPS) is 18.6. The van der Waals surface area contributed by atoms with Crippen LogP contribution in [0.5, 0.6) is 0 Å². The first-order valence-electron chi connectivity index (χ1n) is 9.18. The van der Waals surface area contributed by atoms with Gasteiger partial charge in [0.15, 0.2) is 0 Å². The lowest BCUT2D eigenvalue weighted by Crippen LogP contribution is -2.43. The molecule has 1 atom stereocenters. The van der Waals surface area contributed by atoms with Gasteiger partial charge in [-0.1, -0.05) is 48.5 Å². The molecule has 2 N–H and O–H groups in total. The summed E-state index contributed by atoms with van der Waals surface area (Å²) in [4.78, 5) is 26.6. The van der Waals surface area contributed by atoms with Crippen molar-refractivity contribution in [1.29, 1.82) is 0 Å². The fourth-order valence-corrected chi connectivity index (χ4v) is 3.53. The minimum Gasteiger partial charge on any atom is -0.337 e. The number of urea groups is 1. The average Bonchev–Trinajstić information content (AvgIpc) is 3.49. The van der Waals surface area contributed by atoms with Crippen LogP contribution < -0.4 is 10.6 Å². The summed E-state index contributed by atoms with van der Waals surface area (Å²) in [6, 6.07) is 18.2. The number of amides is 3. The number of hydrogen-bond acceptors (Lipinski definition) is 2. The van der Waals surface area contributed by atoms with Gasteiger partial charge in [-0.3, -0.25) is 4.79 Å². The summed E-state index contributed by atoms with van der Waals surface area (Å²) in [5.41, 5.74) is 3.08. The summed E-state index contributed by atoms with van der Waals surface area (Å²) in [7, 11) is 0. The van der Waals surface area contributed by atoms with Crippen LogP contribution in [0.1, 0.15) is 36.3 Å². The maximum Gasteiger partial charge on any atom is 0.317 e. The largest absolute Gasteiger partial charge is 0.337 e. The maximum atomic E-state index is 12.8. The van der Waals surface area contributed by atoms with Crippen LogP contribution in [0.15, 0.2) is 54.6 Å². The zero-order chi connectivity index (χ0) is 17.9. The van der Waals surface area contributed by atoms with E-state index in [4.69, 9.17) is 0 Å². The molecule has 1 unspecified atom stereocenters. The number of anilines is 1. The van der Waals surface area contributed by atoms with Crippen LogP contribution in [0.2, 0.25) is 0 Å². The van der Waals surface area contributed by atoms with E-state index in [0.29, 0.717) is 25.6 Å². The molecule has 1 fully saturated rings. The Balaban J connectivity index is 1.42. The highest BCUT2D eigenvalue weighted by atomic mass is 16.2. The molecule has 26 heavy (non-hydrogen) atoms. The molecule has 3 amide bonds. The molecule has 4 rings (SSSR count). The SMILES string of the molecule is O=C1CC(CNC(=O)N(Cc2ccccc2)C2CC2)c2ccccc2N1. The van der Waals surface area contributed by atoms with Crippen LogP contribution in [0, 0.1) is 0 Å². The van der Waals surface area contributed by atoms with Crippen molar-refractivity contribution in [3.05, 3.63) is 65.7 Å². The maximum absolute atomic E-state index is 12.8. The van der Waals surface area contributed by atoms with Gasteiger partial charge >= 0.3 is 6.03 Å². The van der Waals surface area contributed by atoms with Crippen molar-refractivity contribution in [1.82, 2.24) is 10.2 Å². The molecule has 0 bridgehead atoms. The topological polar surface area (TPSA) is 61.4 Å². The number of nitrogens with zero attached hydrogens (tertiary/aromatic N) is 1. The van der Waals surface area contributed by atoms with Crippen LogP contribution in [0.3, 0.4) is 0 Å². The second-order valence-corrected chi connectivity index (χ2v) is 7.07. The van der Waals surface area contributed by atoms with Crippen LogP contribution in [-0.2, 0) is 11.3 Å². The lowest BCUT2D eigenvalue weighted by Gasteiger charge is -2.28. The quantitative estimate of drug-likeness (QED) is 0.868. The smallest absolute Gasteiger partial charge is 0.317 e. The van der Waals surface area contributed by atoms with Crippen molar-refractivity contribution in [3.63, 3.8) is 0 Å². The minimum atomic E-state index is -0.0418. The van der Waals surface area contributed by atoms with Crippen LogP contribution in [0.25, 0.3) is 0 Å². The molecule has 1 aliphatic heterocycles. The Morgan fingerprint density at radius 3 is 2.58 bits per heavy atom. The molecule has 2 aromatic rings. The minimum absolute atomic E-state index is 0.00582. The van der Waals surface area contributed by atoms with E-state index >= 15 is 0 Å². The van der Waals surface area contributed by atoms with Gasteiger partial charge in [-0.15, -0.1) is 0 Å². The number of rotatable bonds is 5. The van der Waals surface area contributed by atoms with Crippen molar-refractivity contribution in [2.45, 2.75) is 37.8 Å². The van der Waals surface area contributed by atoms with E-state index in [1.54, 1.807) is 0 Å². The second kappa shape index (κ2) is 7.20. The number of carbonyl (C=O) groups is 2. The lowest BCUT2D eigenvalue weighted by atomic mass is 9.90. The third kappa shape index (κ3) is 3.72. The highest BCUT2D eigenvalue weighted by Gasteiger charge is 2.33. The predicted molar refractivity (Wildman–Crippen MR) is 101 cm³/mol. The molecule has 2 aromatic carbocycles.